The fraction of sp³-hybridized carbons (Fsp3) is 0.231. The standard InChI is InChI=1S/C13H14ClN/c1-2-12(13-4-3-9-15-13)10-5-7-11(14)8-6-10/h3-9,12,15H,2H2,1H3. The van der Waals surface area contributed by atoms with Crippen LogP contribution in [0.4, 0.5) is 0 Å². The first-order valence-electron chi connectivity index (χ1n) is 5.20. The van der Waals surface area contributed by atoms with Crippen molar-refractivity contribution in [1.82, 2.24) is 4.98 Å². The Balaban J connectivity index is 2.31. The summed E-state index contributed by atoms with van der Waals surface area (Å²) < 4.78 is 0. The van der Waals surface area contributed by atoms with Crippen LogP contribution in [0.25, 0.3) is 0 Å². The molecule has 1 heterocycles. The molecule has 2 heteroatoms. The van der Waals surface area contributed by atoms with E-state index in [1.165, 1.54) is 11.3 Å². The van der Waals surface area contributed by atoms with Crippen LogP contribution >= 0.6 is 11.6 Å². The summed E-state index contributed by atoms with van der Waals surface area (Å²) in [5, 5.41) is 0.792. The molecule has 0 aliphatic rings. The summed E-state index contributed by atoms with van der Waals surface area (Å²) in [4.78, 5) is 3.27. The Bertz CT molecular complexity index is 403. The lowest BCUT2D eigenvalue weighted by atomic mass is 9.93. The highest BCUT2D eigenvalue weighted by Crippen LogP contribution is 2.27. The van der Waals surface area contributed by atoms with Gasteiger partial charge in [-0.15, -0.1) is 0 Å². The minimum Gasteiger partial charge on any atom is -0.364 e. The van der Waals surface area contributed by atoms with Crippen LogP contribution in [0.15, 0.2) is 42.6 Å². The van der Waals surface area contributed by atoms with Gasteiger partial charge in [-0.1, -0.05) is 30.7 Å². The number of aromatic amines is 1. The predicted octanol–water partition coefficient (Wildman–Crippen LogP) is 4.21. The van der Waals surface area contributed by atoms with E-state index in [4.69, 9.17) is 11.6 Å². The van der Waals surface area contributed by atoms with Gasteiger partial charge in [0.2, 0.25) is 0 Å². The Labute approximate surface area is 95.1 Å². The molecular weight excluding hydrogens is 206 g/mol. The van der Waals surface area contributed by atoms with Gasteiger partial charge in [0.15, 0.2) is 0 Å². The van der Waals surface area contributed by atoms with Crippen molar-refractivity contribution in [2.45, 2.75) is 19.3 Å². The number of hydrogen-bond acceptors (Lipinski definition) is 0. The van der Waals surface area contributed by atoms with Gasteiger partial charge in [0.25, 0.3) is 0 Å². The molecule has 1 N–H and O–H groups in total. The molecule has 0 aliphatic heterocycles. The van der Waals surface area contributed by atoms with E-state index >= 15 is 0 Å². The molecule has 0 saturated carbocycles. The molecule has 1 aromatic heterocycles. The van der Waals surface area contributed by atoms with Gasteiger partial charge in [-0.25, -0.2) is 0 Å². The summed E-state index contributed by atoms with van der Waals surface area (Å²) in [5.74, 6) is 0.442. The molecule has 1 nitrogen and oxygen atoms in total. The van der Waals surface area contributed by atoms with Gasteiger partial charge in [-0.3, -0.25) is 0 Å². The van der Waals surface area contributed by atoms with Gasteiger partial charge in [0.1, 0.15) is 0 Å². The minimum absolute atomic E-state index is 0.442. The summed E-state index contributed by atoms with van der Waals surface area (Å²) in [6.45, 7) is 2.19. The van der Waals surface area contributed by atoms with E-state index in [-0.39, 0.29) is 0 Å². The summed E-state index contributed by atoms with van der Waals surface area (Å²) >= 11 is 5.88. The van der Waals surface area contributed by atoms with Gasteiger partial charge in [0, 0.05) is 22.8 Å². The lowest BCUT2D eigenvalue weighted by molar-refractivity contribution is 0.755. The zero-order valence-electron chi connectivity index (χ0n) is 8.70. The highest BCUT2D eigenvalue weighted by Gasteiger charge is 2.11. The van der Waals surface area contributed by atoms with Crippen molar-refractivity contribution >= 4 is 11.6 Å². The van der Waals surface area contributed by atoms with E-state index in [0.29, 0.717) is 5.92 Å². The Kier molecular flexibility index (Phi) is 3.12. The van der Waals surface area contributed by atoms with Crippen LogP contribution in [-0.2, 0) is 0 Å². The van der Waals surface area contributed by atoms with Crippen molar-refractivity contribution in [2.75, 3.05) is 0 Å². The molecule has 0 bridgehead atoms. The molecule has 0 fully saturated rings. The van der Waals surface area contributed by atoms with E-state index < -0.39 is 0 Å². The molecule has 0 spiro atoms. The largest absolute Gasteiger partial charge is 0.364 e. The summed E-state index contributed by atoms with van der Waals surface area (Å²) in [6, 6.07) is 12.2. The molecule has 2 rings (SSSR count). The van der Waals surface area contributed by atoms with Gasteiger partial charge in [0.05, 0.1) is 0 Å². The molecule has 0 radical (unpaired) electrons. The Morgan fingerprint density at radius 3 is 2.47 bits per heavy atom. The highest BCUT2D eigenvalue weighted by atomic mass is 35.5. The van der Waals surface area contributed by atoms with Crippen LogP contribution in [0.3, 0.4) is 0 Å². The predicted molar refractivity (Wildman–Crippen MR) is 64.4 cm³/mol. The maximum Gasteiger partial charge on any atom is 0.0406 e. The van der Waals surface area contributed by atoms with Crippen molar-refractivity contribution in [1.29, 1.82) is 0 Å². The number of hydrogen-bond donors (Lipinski definition) is 1. The highest BCUT2D eigenvalue weighted by molar-refractivity contribution is 6.30. The molecule has 0 amide bonds. The zero-order valence-corrected chi connectivity index (χ0v) is 9.46. The lowest BCUT2D eigenvalue weighted by Gasteiger charge is -2.13. The van der Waals surface area contributed by atoms with Crippen molar-refractivity contribution in [2.24, 2.45) is 0 Å². The van der Waals surface area contributed by atoms with Gasteiger partial charge >= 0.3 is 0 Å². The van der Waals surface area contributed by atoms with E-state index in [2.05, 4.69) is 30.1 Å². The maximum atomic E-state index is 5.88. The van der Waals surface area contributed by atoms with Crippen LogP contribution in [-0.4, -0.2) is 4.98 Å². The van der Waals surface area contributed by atoms with Gasteiger partial charge in [-0.2, -0.15) is 0 Å². The average molecular weight is 220 g/mol. The third-order valence-corrected chi connectivity index (χ3v) is 2.93. The summed E-state index contributed by atoms with van der Waals surface area (Å²) in [5.41, 5.74) is 2.57. The zero-order chi connectivity index (χ0) is 10.7. The second kappa shape index (κ2) is 4.54. The summed E-state index contributed by atoms with van der Waals surface area (Å²) in [7, 11) is 0. The number of rotatable bonds is 3. The van der Waals surface area contributed by atoms with Crippen LogP contribution in [0.1, 0.15) is 30.5 Å². The number of benzene rings is 1. The molecule has 15 heavy (non-hydrogen) atoms. The van der Waals surface area contributed by atoms with E-state index in [9.17, 15) is 0 Å². The summed E-state index contributed by atoms with van der Waals surface area (Å²) in [6.07, 6.45) is 3.05. The molecule has 78 valence electrons. The van der Waals surface area contributed by atoms with Crippen molar-refractivity contribution in [3.05, 3.63) is 58.9 Å². The maximum absolute atomic E-state index is 5.88. The number of halogens is 1. The third kappa shape index (κ3) is 2.24. The van der Waals surface area contributed by atoms with Crippen molar-refractivity contribution in [3.63, 3.8) is 0 Å². The Morgan fingerprint density at radius 1 is 1.20 bits per heavy atom. The topological polar surface area (TPSA) is 15.8 Å². The molecule has 2 aromatic rings. The van der Waals surface area contributed by atoms with E-state index in [1.54, 1.807) is 0 Å². The SMILES string of the molecule is CCC(c1ccc(Cl)cc1)c1ccc[nH]1. The molecule has 1 aromatic carbocycles. The monoisotopic (exact) mass is 219 g/mol. The Morgan fingerprint density at radius 2 is 1.93 bits per heavy atom. The van der Waals surface area contributed by atoms with Crippen molar-refractivity contribution in [3.8, 4) is 0 Å². The van der Waals surface area contributed by atoms with E-state index in [1.807, 2.05) is 24.4 Å². The molecule has 1 atom stereocenters. The molecule has 1 unspecified atom stereocenters. The number of aromatic nitrogens is 1. The fourth-order valence-electron chi connectivity index (χ4n) is 1.89. The third-order valence-electron chi connectivity index (χ3n) is 2.68. The number of H-pyrrole nitrogens is 1. The second-order valence-corrected chi connectivity index (χ2v) is 4.07. The lowest BCUT2D eigenvalue weighted by Crippen LogP contribution is -1.99. The normalized spacial score (nSPS) is 12.7. The van der Waals surface area contributed by atoms with E-state index in [0.717, 1.165) is 11.4 Å². The minimum atomic E-state index is 0.442. The quantitative estimate of drug-likeness (QED) is 0.796. The van der Waals surface area contributed by atoms with Crippen LogP contribution in [0, 0.1) is 0 Å². The molecule has 0 saturated heterocycles. The van der Waals surface area contributed by atoms with Gasteiger partial charge in [-0.05, 0) is 36.2 Å². The second-order valence-electron chi connectivity index (χ2n) is 3.64. The Hall–Kier alpha value is -1.21. The molecular formula is C13H14ClN. The molecule has 0 aliphatic carbocycles. The van der Waals surface area contributed by atoms with Crippen LogP contribution in [0.2, 0.25) is 5.02 Å². The van der Waals surface area contributed by atoms with Gasteiger partial charge < -0.3 is 4.98 Å². The average Bonchev–Trinajstić information content (AvgIpc) is 2.75. The first-order chi connectivity index (χ1) is 7.31. The number of nitrogens with one attached hydrogen (secondary N) is 1. The fourth-order valence-corrected chi connectivity index (χ4v) is 2.02. The van der Waals surface area contributed by atoms with Crippen LogP contribution < -0.4 is 0 Å². The van der Waals surface area contributed by atoms with Crippen LogP contribution in [0.5, 0.6) is 0 Å². The first-order valence-corrected chi connectivity index (χ1v) is 5.58. The smallest absolute Gasteiger partial charge is 0.0406 e. The van der Waals surface area contributed by atoms with Crippen molar-refractivity contribution < 1.29 is 0 Å². The first kappa shape index (κ1) is 10.3.